The Kier molecular flexibility index (Phi) is 3.41. The van der Waals surface area contributed by atoms with E-state index in [9.17, 15) is 4.79 Å². The Labute approximate surface area is 109 Å². The van der Waals surface area contributed by atoms with Crippen LogP contribution in [-0.4, -0.2) is 5.91 Å². The minimum absolute atomic E-state index is 0.417. The van der Waals surface area contributed by atoms with Crippen molar-refractivity contribution >= 4 is 34.8 Å². The van der Waals surface area contributed by atoms with Crippen LogP contribution in [-0.2, 0) is 4.79 Å². The van der Waals surface area contributed by atoms with Crippen molar-refractivity contribution in [3.05, 3.63) is 52.3 Å². The SMILES string of the molecule is NC(=O)C1=CN(c2ccc(Cl)c(Cl)c2)C=CC1. The highest BCUT2D eigenvalue weighted by Gasteiger charge is 2.11. The molecule has 1 aromatic carbocycles. The van der Waals surface area contributed by atoms with Gasteiger partial charge >= 0.3 is 0 Å². The van der Waals surface area contributed by atoms with Crippen molar-refractivity contribution < 1.29 is 4.79 Å². The van der Waals surface area contributed by atoms with Crippen molar-refractivity contribution in [3.63, 3.8) is 0 Å². The smallest absolute Gasteiger partial charge is 0.246 e. The minimum Gasteiger partial charge on any atom is -0.366 e. The number of primary amides is 1. The molecule has 0 bridgehead atoms. The van der Waals surface area contributed by atoms with Gasteiger partial charge in [-0.3, -0.25) is 4.79 Å². The summed E-state index contributed by atoms with van der Waals surface area (Å²) in [6, 6.07) is 5.26. The Hall–Kier alpha value is -1.45. The van der Waals surface area contributed by atoms with Crippen LogP contribution in [0.15, 0.2) is 42.2 Å². The Bertz CT molecular complexity index is 523. The molecule has 0 spiro atoms. The van der Waals surface area contributed by atoms with Gasteiger partial charge < -0.3 is 10.6 Å². The van der Waals surface area contributed by atoms with Crippen molar-refractivity contribution in [3.8, 4) is 0 Å². The zero-order valence-corrected chi connectivity index (χ0v) is 10.4. The molecule has 1 amide bonds. The molecule has 17 heavy (non-hydrogen) atoms. The lowest BCUT2D eigenvalue weighted by molar-refractivity contribution is -0.114. The normalized spacial score (nSPS) is 14.7. The van der Waals surface area contributed by atoms with Crippen LogP contribution in [0.4, 0.5) is 5.69 Å². The maximum Gasteiger partial charge on any atom is 0.246 e. The topological polar surface area (TPSA) is 46.3 Å². The van der Waals surface area contributed by atoms with E-state index in [0.29, 0.717) is 22.0 Å². The fraction of sp³-hybridized carbons (Fsp3) is 0.0833. The Morgan fingerprint density at radius 2 is 2.06 bits per heavy atom. The standard InChI is InChI=1S/C12H10Cl2N2O/c13-10-4-3-9(6-11(10)14)16-5-1-2-8(7-16)12(15)17/h1,3-7H,2H2,(H2,15,17). The van der Waals surface area contributed by atoms with Crippen LogP contribution in [0.25, 0.3) is 0 Å². The molecule has 3 nitrogen and oxygen atoms in total. The van der Waals surface area contributed by atoms with Gasteiger partial charge in [-0.05, 0) is 24.6 Å². The van der Waals surface area contributed by atoms with E-state index in [1.54, 1.807) is 23.2 Å². The number of hydrogen-bond acceptors (Lipinski definition) is 2. The van der Waals surface area contributed by atoms with Crippen LogP contribution in [0.1, 0.15) is 6.42 Å². The summed E-state index contributed by atoms with van der Waals surface area (Å²) in [5, 5.41) is 0.965. The Morgan fingerprint density at radius 3 is 2.71 bits per heavy atom. The van der Waals surface area contributed by atoms with Crippen LogP contribution >= 0.6 is 23.2 Å². The van der Waals surface area contributed by atoms with Gasteiger partial charge in [0.25, 0.3) is 0 Å². The fourth-order valence-electron chi connectivity index (χ4n) is 1.53. The number of halogens is 2. The average Bonchev–Trinajstić information content (AvgIpc) is 2.33. The summed E-state index contributed by atoms with van der Waals surface area (Å²) >= 11 is 11.8. The summed E-state index contributed by atoms with van der Waals surface area (Å²) in [6.45, 7) is 0. The van der Waals surface area contributed by atoms with Crippen LogP contribution < -0.4 is 10.6 Å². The fourth-order valence-corrected chi connectivity index (χ4v) is 1.82. The summed E-state index contributed by atoms with van der Waals surface area (Å²) in [5.41, 5.74) is 6.63. The second-order valence-electron chi connectivity index (χ2n) is 3.61. The monoisotopic (exact) mass is 268 g/mol. The number of amides is 1. The van der Waals surface area contributed by atoms with E-state index in [1.807, 2.05) is 18.3 Å². The quantitative estimate of drug-likeness (QED) is 0.896. The van der Waals surface area contributed by atoms with Crippen LogP contribution in [0.5, 0.6) is 0 Å². The summed E-state index contributed by atoms with van der Waals surface area (Å²) in [4.78, 5) is 12.9. The van der Waals surface area contributed by atoms with Crippen molar-refractivity contribution in [2.45, 2.75) is 6.42 Å². The number of anilines is 1. The van der Waals surface area contributed by atoms with Crippen LogP contribution in [0.2, 0.25) is 10.0 Å². The molecule has 1 aliphatic heterocycles. The summed E-state index contributed by atoms with van der Waals surface area (Å²) < 4.78 is 0. The van der Waals surface area contributed by atoms with E-state index in [1.165, 1.54) is 0 Å². The third-order valence-electron chi connectivity index (χ3n) is 2.42. The molecule has 0 fully saturated rings. The number of benzene rings is 1. The van der Waals surface area contributed by atoms with E-state index in [0.717, 1.165) is 5.69 Å². The van der Waals surface area contributed by atoms with Crippen molar-refractivity contribution in [1.82, 2.24) is 0 Å². The molecule has 1 aromatic rings. The zero-order chi connectivity index (χ0) is 12.4. The summed E-state index contributed by atoms with van der Waals surface area (Å²) in [5.74, 6) is -0.417. The molecule has 1 heterocycles. The lowest BCUT2D eigenvalue weighted by Gasteiger charge is -2.20. The molecule has 0 aliphatic carbocycles. The molecular formula is C12H10Cl2N2O. The van der Waals surface area contributed by atoms with Gasteiger partial charge in [0.1, 0.15) is 0 Å². The van der Waals surface area contributed by atoms with Crippen LogP contribution in [0, 0.1) is 0 Å². The van der Waals surface area contributed by atoms with Crippen LogP contribution in [0.3, 0.4) is 0 Å². The number of hydrogen-bond donors (Lipinski definition) is 1. The highest BCUT2D eigenvalue weighted by Crippen LogP contribution is 2.29. The van der Waals surface area contributed by atoms with E-state index >= 15 is 0 Å². The molecule has 1 aliphatic rings. The number of rotatable bonds is 2. The molecule has 0 unspecified atom stereocenters. The molecule has 5 heteroatoms. The molecular weight excluding hydrogens is 259 g/mol. The largest absolute Gasteiger partial charge is 0.366 e. The lowest BCUT2D eigenvalue weighted by atomic mass is 10.1. The van der Waals surface area contributed by atoms with E-state index in [-0.39, 0.29) is 0 Å². The molecule has 2 N–H and O–H groups in total. The molecule has 0 atom stereocenters. The second-order valence-corrected chi connectivity index (χ2v) is 4.43. The molecule has 0 radical (unpaired) electrons. The number of carbonyl (C=O) groups is 1. The summed E-state index contributed by atoms with van der Waals surface area (Å²) in [6.07, 6.45) is 5.96. The van der Waals surface area contributed by atoms with E-state index in [2.05, 4.69) is 0 Å². The maximum absolute atomic E-state index is 11.1. The first-order chi connectivity index (χ1) is 8.08. The second kappa shape index (κ2) is 4.82. The van der Waals surface area contributed by atoms with Crippen molar-refractivity contribution in [1.29, 1.82) is 0 Å². The van der Waals surface area contributed by atoms with Gasteiger partial charge in [-0.2, -0.15) is 0 Å². The Morgan fingerprint density at radius 1 is 1.29 bits per heavy atom. The molecule has 0 saturated heterocycles. The average molecular weight is 269 g/mol. The summed E-state index contributed by atoms with van der Waals surface area (Å²) in [7, 11) is 0. The number of allylic oxidation sites excluding steroid dienone is 1. The van der Waals surface area contributed by atoms with Gasteiger partial charge in [-0.15, -0.1) is 0 Å². The highest BCUT2D eigenvalue weighted by atomic mass is 35.5. The molecule has 0 saturated carbocycles. The minimum atomic E-state index is -0.417. The first-order valence-electron chi connectivity index (χ1n) is 4.98. The maximum atomic E-state index is 11.1. The Balaban J connectivity index is 2.33. The molecule has 2 rings (SSSR count). The first-order valence-corrected chi connectivity index (χ1v) is 5.74. The predicted octanol–water partition coefficient (Wildman–Crippen LogP) is 3.09. The molecule has 0 aromatic heterocycles. The van der Waals surface area contributed by atoms with Crippen molar-refractivity contribution in [2.75, 3.05) is 4.90 Å². The van der Waals surface area contributed by atoms with Gasteiger partial charge in [0.05, 0.1) is 10.0 Å². The third kappa shape index (κ3) is 2.62. The first kappa shape index (κ1) is 12.0. The zero-order valence-electron chi connectivity index (χ0n) is 8.86. The number of nitrogens with zero attached hydrogens (tertiary/aromatic N) is 1. The number of carbonyl (C=O) groups excluding carboxylic acids is 1. The van der Waals surface area contributed by atoms with Gasteiger partial charge in [0.2, 0.25) is 5.91 Å². The predicted molar refractivity (Wildman–Crippen MR) is 70.0 cm³/mol. The third-order valence-corrected chi connectivity index (χ3v) is 3.16. The lowest BCUT2D eigenvalue weighted by Crippen LogP contribution is -2.20. The van der Waals surface area contributed by atoms with Crippen molar-refractivity contribution in [2.24, 2.45) is 5.73 Å². The highest BCUT2D eigenvalue weighted by molar-refractivity contribution is 6.42. The van der Waals surface area contributed by atoms with Gasteiger partial charge in [0.15, 0.2) is 0 Å². The molecule has 88 valence electrons. The van der Waals surface area contributed by atoms with Gasteiger partial charge in [-0.25, -0.2) is 0 Å². The number of nitrogens with two attached hydrogens (primary N) is 1. The van der Waals surface area contributed by atoms with E-state index < -0.39 is 5.91 Å². The van der Waals surface area contributed by atoms with E-state index in [4.69, 9.17) is 28.9 Å². The van der Waals surface area contributed by atoms with Gasteiger partial charge in [0, 0.05) is 23.7 Å². The van der Waals surface area contributed by atoms with Gasteiger partial charge in [-0.1, -0.05) is 29.3 Å².